The molecule has 4 aromatic carbocycles. The Labute approximate surface area is 362 Å². The summed E-state index contributed by atoms with van der Waals surface area (Å²) in [5, 5.41) is 16.9. The molecule has 0 saturated carbocycles. The number of methoxy groups -OCH3 is 2. The summed E-state index contributed by atoms with van der Waals surface area (Å²) in [5.41, 5.74) is 5.97. The van der Waals surface area contributed by atoms with E-state index in [1.165, 1.54) is 116 Å². The van der Waals surface area contributed by atoms with E-state index in [0.717, 1.165) is 92.4 Å². The molecule has 0 aliphatic heterocycles. The molecule has 0 amide bonds. The van der Waals surface area contributed by atoms with Crippen molar-refractivity contribution in [1.82, 2.24) is 15.3 Å². The molecule has 2 aromatic heterocycles. The number of nitrogens with zero attached hydrogens (tertiary/aromatic N) is 2. The van der Waals surface area contributed by atoms with Crippen LogP contribution in [-0.2, 0) is 0 Å². The number of benzene rings is 4. The third-order valence-electron chi connectivity index (χ3n) is 11.6. The molecule has 2 heterocycles. The molecule has 59 heavy (non-hydrogen) atoms. The zero-order valence-corrected chi connectivity index (χ0v) is 37.0. The monoisotopic (exact) mass is 837 g/mol. The molecule has 316 valence electrons. The summed E-state index contributed by atoms with van der Waals surface area (Å²) in [6.45, 7) is 4.22. The lowest BCUT2D eigenvalue weighted by Gasteiger charge is -2.14. The molecule has 0 aliphatic rings. The van der Waals surface area contributed by atoms with Crippen molar-refractivity contribution in [2.24, 2.45) is 0 Å². The van der Waals surface area contributed by atoms with Gasteiger partial charge in [-0.25, -0.2) is 9.97 Å². The summed E-state index contributed by atoms with van der Waals surface area (Å²) in [4.78, 5) is 9.69. The molecule has 0 fully saturated rings. The van der Waals surface area contributed by atoms with Gasteiger partial charge in [-0.3, -0.25) is 0 Å². The van der Waals surface area contributed by atoms with Gasteiger partial charge in [0.15, 0.2) is 0 Å². The number of anilines is 2. The smallest absolute Gasteiger partial charge is 0.119 e. The molecule has 0 saturated heterocycles. The van der Waals surface area contributed by atoms with Crippen molar-refractivity contribution < 1.29 is 9.47 Å². The summed E-state index contributed by atoms with van der Waals surface area (Å²) in [7, 11) is 3.41. The molecule has 0 spiro atoms. The predicted molar refractivity (Wildman–Crippen MR) is 255 cm³/mol. The fourth-order valence-corrected chi connectivity index (χ4v) is 8.54. The number of pyridine rings is 2. The minimum Gasteiger partial charge on any atom is -0.497 e. The first-order valence-electron chi connectivity index (χ1n) is 22.4. The van der Waals surface area contributed by atoms with Gasteiger partial charge in [-0.05, 0) is 112 Å². The van der Waals surface area contributed by atoms with Crippen LogP contribution in [0.1, 0.15) is 116 Å². The SMILES string of the molecule is COc1ccc2nc3cc(Cl)ccc3c(NCCCCCCCCCCCNCCCCCCCCCCCNc3c4ccc(Cl)cc4nc4ccc(OC)cc34)c2c1. The van der Waals surface area contributed by atoms with E-state index in [9.17, 15) is 0 Å². The highest BCUT2D eigenvalue weighted by molar-refractivity contribution is 6.32. The summed E-state index contributed by atoms with van der Waals surface area (Å²) in [5.74, 6) is 1.68. The van der Waals surface area contributed by atoms with Crippen molar-refractivity contribution in [1.29, 1.82) is 0 Å². The van der Waals surface area contributed by atoms with Crippen LogP contribution in [0.3, 0.4) is 0 Å². The first kappa shape index (κ1) is 44.5. The molecule has 0 bridgehead atoms. The predicted octanol–water partition coefficient (Wildman–Crippen LogP) is 14.5. The second-order valence-electron chi connectivity index (χ2n) is 16.0. The van der Waals surface area contributed by atoms with Crippen LogP contribution in [-0.4, -0.2) is 50.4 Å². The highest BCUT2D eigenvalue weighted by atomic mass is 35.5. The number of ether oxygens (including phenoxy) is 2. The van der Waals surface area contributed by atoms with E-state index < -0.39 is 0 Å². The summed E-state index contributed by atoms with van der Waals surface area (Å²) in [6.07, 6.45) is 23.6. The van der Waals surface area contributed by atoms with Gasteiger partial charge in [0, 0.05) is 44.7 Å². The zero-order chi connectivity index (χ0) is 41.1. The second kappa shape index (κ2) is 24.3. The molecule has 6 rings (SSSR count). The van der Waals surface area contributed by atoms with E-state index in [1.54, 1.807) is 14.2 Å². The average Bonchev–Trinajstić information content (AvgIpc) is 3.25. The standard InChI is InChI=1S/C50H65Cl2N5O2/c1-58-39-23-27-45-43(35-39)49(41-25-21-37(51)33-47(41)56-45)54-31-19-15-11-7-3-5-9-13-17-29-53-30-18-14-10-6-4-8-12-16-20-32-55-50-42-26-22-38(52)34-48(42)57-46-28-24-40(59-2)36-44(46)50/h21-28,33-36,53H,3-20,29-32H2,1-2H3,(H,54,56)(H,55,57). The minimum atomic E-state index is 0.706. The van der Waals surface area contributed by atoms with Crippen molar-refractivity contribution in [3.8, 4) is 11.5 Å². The van der Waals surface area contributed by atoms with Crippen LogP contribution in [0.5, 0.6) is 11.5 Å². The minimum absolute atomic E-state index is 0.706. The lowest BCUT2D eigenvalue weighted by molar-refractivity contribution is 0.415. The maximum absolute atomic E-state index is 6.29. The Kier molecular flexibility index (Phi) is 18.3. The number of halogens is 2. The van der Waals surface area contributed by atoms with Gasteiger partial charge in [-0.2, -0.15) is 0 Å². The summed E-state index contributed by atoms with van der Waals surface area (Å²) < 4.78 is 11.0. The van der Waals surface area contributed by atoms with Gasteiger partial charge in [0.05, 0.1) is 47.7 Å². The van der Waals surface area contributed by atoms with Gasteiger partial charge in [-0.15, -0.1) is 0 Å². The first-order valence-corrected chi connectivity index (χ1v) is 23.1. The maximum Gasteiger partial charge on any atom is 0.119 e. The number of unbranched alkanes of at least 4 members (excludes halogenated alkanes) is 16. The average molecular weight is 839 g/mol. The van der Waals surface area contributed by atoms with Gasteiger partial charge in [0.1, 0.15) is 11.5 Å². The van der Waals surface area contributed by atoms with Crippen LogP contribution >= 0.6 is 23.2 Å². The van der Waals surface area contributed by atoms with Crippen molar-refractivity contribution in [2.75, 3.05) is 51.0 Å². The molecule has 9 heteroatoms. The number of rotatable bonds is 28. The van der Waals surface area contributed by atoms with Crippen LogP contribution in [0.4, 0.5) is 11.4 Å². The van der Waals surface area contributed by atoms with E-state index in [1.807, 2.05) is 48.5 Å². The van der Waals surface area contributed by atoms with E-state index in [0.29, 0.717) is 10.0 Å². The third-order valence-corrected chi connectivity index (χ3v) is 12.0. The first-order chi connectivity index (χ1) is 29.0. The summed E-state index contributed by atoms with van der Waals surface area (Å²) in [6, 6.07) is 24.0. The van der Waals surface area contributed by atoms with E-state index >= 15 is 0 Å². The Balaban J connectivity index is 0.713. The quantitative estimate of drug-likeness (QED) is 0.0335. The van der Waals surface area contributed by atoms with Crippen LogP contribution in [0.25, 0.3) is 43.6 Å². The Bertz CT molecular complexity index is 2060. The largest absolute Gasteiger partial charge is 0.497 e. The van der Waals surface area contributed by atoms with Gasteiger partial charge < -0.3 is 25.4 Å². The van der Waals surface area contributed by atoms with Gasteiger partial charge in [0.2, 0.25) is 0 Å². The topological polar surface area (TPSA) is 80.3 Å². The molecule has 7 nitrogen and oxygen atoms in total. The Morgan fingerprint density at radius 1 is 0.390 bits per heavy atom. The van der Waals surface area contributed by atoms with Crippen molar-refractivity contribution in [2.45, 2.75) is 116 Å². The summed E-state index contributed by atoms with van der Waals surface area (Å²) >= 11 is 12.6. The van der Waals surface area contributed by atoms with Crippen LogP contribution in [0, 0.1) is 0 Å². The number of hydrogen-bond donors (Lipinski definition) is 3. The highest BCUT2D eigenvalue weighted by Gasteiger charge is 2.12. The molecule has 0 unspecified atom stereocenters. The normalized spacial score (nSPS) is 11.6. The lowest BCUT2D eigenvalue weighted by Crippen LogP contribution is -2.16. The molecule has 0 atom stereocenters. The number of aromatic nitrogens is 2. The number of fused-ring (bicyclic) bond motifs is 4. The van der Waals surface area contributed by atoms with E-state index in [-0.39, 0.29) is 0 Å². The fraction of sp³-hybridized carbons (Fsp3) is 0.480. The van der Waals surface area contributed by atoms with Crippen LogP contribution in [0.15, 0.2) is 72.8 Å². The number of nitrogens with one attached hydrogen (secondary N) is 3. The van der Waals surface area contributed by atoms with Crippen molar-refractivity contribution >= 4 is 78.2 Å². The molecule has 6 aromatic rings. The van der Waals surface area contributed by atoms with Gasteiger partial charge >= 0.3 is 0 Å². The lowest BCUT2D eigenvalue weighted by atomic mass is 10.1. The third kappa shape index (κ3) is 13.5. The zero-order valence-electron chi connectivity index (χ0n) is 35.5. The van der Waals surface area contributed by atoms with Crippen molar-refractivity contribution in [3.05, 3.63) is 82.8 Å². The van der Waals surface area contributed by atoms with Gasteiger partial charge in [-0.1, -0.05) is 113 Å². The second-order valence-corrected chi connectivity index (χ2v) is 16.9. The van der Waals surface area contributed by atoms with Gasteiger partial charge in [0.25, 0.3) is 0 Å². The Hall–Kier alpha value is -4.04. The number of hydrogen-bond acceptors (Lipinski definition) is 7. The highest BCUT2D eigenvalue weighted by Crippen LogP contribution is 2.36. The molecular weight excluding hydrogens is 773 g/mol. The van der Waals surface area contributed by atoms with Crippen LogP contribution in [0.2, 0.25) is 10.0 Å². The van der Waals surface area contributed by atoms with Crippen LogP contribution < -0.4 is 25.4 Å². The van der Waals surface area contributed by atoms with E-state index in [2.05, 4.69) is 40.2 Å². The fourth-order valence-electron chi connectivity index (χ4n) is 8.20. The molecule has 3 N–H and O–H groups in total. The van der Waals surface area contributed by atoms with Crippen molar-refractivity contribution in [3.63, 3.8) is 0 Å². The Morgan fingerprint density at radius 2 is 0.746 bits per heavy atom. The molecular formula is C50H65Cl2N5O2. The van der Waals surface area contributed by atoms with E-state index in [4.69, 9.17) is 42.6 Å². The maximum atomic E-state index is 6.29. The molecule has 0 aliphatic carbocycles. The molecule has 0 radical (unpaired) electrons. The Morgan fingerprint density at radius 3 is 1.12 bits per heavy atom.